The number of ether oxygens (including phenoxy) is 2. The first-order valence-electron chi connectivity index (χ1n) is 14.2. The number of nitrogens with one attached hydrogen (secondary N) is 1. The molecule has 8 nitrogen and oxygen atoms in total. The highest BCUT2D eigenvalue weighted by Gasteiger charge is 2.70. The molecule has 1 aromatic rings. The Bertz CT molecular complexity index is 1330. The van der Waals surface area contributed by atoms with Crippen LogP contribution < -0.4 is 5.32 Å². The van der Waals surface area contributed by atoms with Gasteiger partial charge in [-0.15, -0.1) is 12.6 Å². The van der Waals surface area contributed by atoms with Crippen LogP contribution in [0.2, 0.25) is 0 Å². The number of allylic oxidation sites excluding steroid dienone is 3. The van der Waals surface area contributed by atoms with E-state index in [9.17, 15) is 24.2 Å². The summed E-state index contributed by atoms with van der Waals surface area (Å²) in [6.45, 7) is 3.48. The second-order valence-electron chi connectivity index (χ2n) is 12.6. The van der Waals surface area contributed by atoms with Crippen molar-refractivity contribution in [3.63, 3.8) is 0 Å². The van der Waals surface area contributed by atoms with Crippen LogP contribution in [0, 0.1) is 39.8 Å². The van der Waals surface area contributed by atoms with Gasteiger partial charge in [0.1, 0.15) is 23.8 Å². The number of halogens is 1. The van der Waals surface area contributed by atoms with Crippen LogP contribution >= 0.6 is 12.6 Å². The van der Waals surface area contributed by atoms with E-state index < -0.39 is 46.0 Å². The number of benzene rings is 1. The van der Waals surface area contributed by atoms with Crippen molar-refractivity contribution in [2.24, 2.45) is 28.6 Å². The van der Waals surface area contributed by atoms with Gasteiger partial charge >= 0.3 is 5.97 Å². The summed E-state index contributed by atoms with van der Waals surface area (Å²) in [4.78, 5) is 25.6. The van der Waals surface area contributed by atoms with Crippen molar-refractivity contribution in [2.45, 2.75) is 70.7 Å². The number of fused-ring (bicyclic) bond motifs is 5. The quantitative estimate of drug-likeness (QED) is 0.137. The lowest BCUT2D eigenvalue weighted by Crippen LogP contribution is -2.76. The zero-order valence-electron chi connectivity index (χ0n) is 23.8. The highest BCUT2D eigenvalue weighted by Crippen LogP contribution is 2.68. The van der Waals surface area contributed by atoms with E-state index in [0.717, 1.165) is 29.8 Å². The lowest BCUT2D eigenvalue weighted by Gasteiger charge is -2.60. The number of rotatable bonds is 8. The van der Waals surface area contributed by atoms with Crippen molar-refractivity contribution in [2.75, 3.05) is 13.7 Å². The van der Waals surface area contributed by atoms with Crippen LogP contribution in [-0.4, -0.2) is 52.9 Å². The molecule has 41 heavy (non-hydrogen) atoms. The molecule has 7 atom stereocenters. The number of nitrogens with two attached hydrogens (primary N) is 1. The van der Waals surface area contributed by atoms with E-state index in [1.807, 2.05) is 12.2 Å². The average Bonchev–Trinajstić information content (AvgIpc) is 3.21. The minimum Gasteiger partial charge on any atom is -0.448 e. The molecule has 4 aliphatic rings. The fourth-order valence-corrected chi connectivity index (χ4v) is 9.28. The van der Waals surface area contributed by atoms with Gasteiger partial charge in [0, 0.05) is 42.0 Å². The number of carbonyl (C=O) groups is 2. The van der Waals surface area contributed by atoms with Crippen LogP contribution in [0.1, 0.15) is 57.9 Å². The van der Waals surface area contributed by atoms with Gasteiger partial charge in [0.2, 0.25) is 5.12 Å². The Morgan fingerprint density at radius 1 is 1.29 bits per heavy atom. The number of aliphatic hydroxyl groups is 2. The summed E-state index contributed by atoms with van der Waals surface area (Å²) >= 11 is 4.21. The average molecular weight is 588 g/mol. The summed E-state index contributed by atoms with van der Waals surface area (Å²) in [5, 5.41) is 31.0. The number of carbonyl (C=O) groups excluding carboxylic acids is 2. The van der Waals surface area contributed by atoms with Gasteiger partial charge < -0.3 is 25.1 Å². The van der Waals surface area contributed by atoms with Gasteiger partial charge in [-0.05, 0) is 73.8 Å². The fraction of sp³-hybridized carbons (Fsp3) is 0.581. The van der Waals surface area contributed by atoms with Gasteiger partial charge in [-0.3, -0.25) is 10.1 Å². The fourth-order valence-electron chi connectivity index (χ4n) is 8.87. The van der Waals surface area contributed by atoms with Crippen LogP contribution in [-0.2, 0) is 25.7 Å². The Hall–Kier alpha value is -2.37. The first kappa shape index (κ1) is 30.1. The Morgan fingerprint density at radius 2 is 2.05 bits per heavy atom. The predicted octanol–water partition coefficient (Wildman–Crippen LogP) is 3.34. The van der Waals surface area contributed by atoms with E-state index in [1.165, 1.54) is 25.0 Å². The van der Waals surface area contributed by atoms with E-state index in [-0.39, 0.29) is 29.9 Å². The van der Waals surface area contributed by atoms with Crippen LogP contribution in [0.15, 0.2) is 41.1 Å². The maximum Gasteiger partial charge on any atom is 0.333 e. The molecule has 0 heterocycles. The number of methoxy groups -OCH3 is 1. The predicted molar refractivity (Wildman–Crippen MR) is 153 cm³/mol. The van der Waals surface area contributed by atoms with Crippen LogP contribution in [0.25, 0.3) is 0 Å². The van der Waals surface area contributed by atoms with Crippen molar-refractivity contribution < 1.29 is 39.0 Å². The lowest BCUT2D eigenvalue weighted by atomic mass is 9.45. The summed E-state index contributed by atoms with van der Waals surface area (Å²) in [7, 11) is 1.40. The first-order valence-corrected chi connectivity index (χ1v) is 14.7. The minimum absolute atomic E-state index is 0.0530. The Morgan fingerprint density at radius 3 is 2.71 bits per heavy atom. The molecule has 1 aromatic carbocycles. The minimum atomic E-state index is -1.42. The molecule has 10 heteroatoms. The molecule has 0 spiro atoms. The van der Waals surface area contributed by atoms with E-state index >= 15 is 0 Å². The van der Waals surface area contributed by atoms with Gasteiger partial charge in [0.05, 0.1) is 12.7 Å². The standard InChI is InChI=1S/C31H39FN2O6S/c1-29-12-18(14-33)24(34-20-5-7-23(32)17(10-20)15-35)11-19(29)4-6-21-22-8-9-31(28(38)41,40-26(37)16-39-3)30(22,2)13-25(36)27(21)29/h5,7,10-11,14,21-22,25,27,33-36H,4,6,8-9,12-13,15-16H2,1-3H3,(H,38,41)/p+1. The highest BCUT2D eigenvalue weighted by atomic mass is 32.1. The van der Waals surface area contributed by atoms with Gasteiger partial charge in [0.25, 0.3) is 0 Å². The molecule has 0 saturated heterocycles. The van der Waals surface area contributed by atoms with Crippen LogP contribution in [0.3, 0.4) is 0 Å². The second-order valence-corrected chi connectivity index (χ2v) is 13.0. The molecule has 0 aromatic heterocycles. The van der Waals surface area contributed by atoms with E-state index in [0.29, 0.717) is 25.7 Å². The topological polar surface area (TPSA) is 134 Å². The molecule has 5 N–H and O–H groups in total. The number of hydrogen-bond donors (Lipinski definition) is 5. The summed E-state index contributed by atoms with van der Waals surface area (Å²) in [6.07, 6.45) is 6.28. The monoisotopic (exact) mass is 587 g/mol. The number of esters is 1. The number of hydrogen-bond acceptors (Lipinski definition) is 7. The first-order chi connectivity index (χ1) is 19.4. The largest absolute Gasteiger partial charge is 0.448 e. The summed E-state index contributed by atoms with van der Waals surface area (Å²) in [5.74, 6) is -1.01. The van der Waals surface area contributed by atoms with Gasteiger partial charge in [-0.1, -0.05) is 19.4 Å². The van der Waals surface area contributed by atoms with Crippen molar-refractivity contribution in [1.29, 1.82) is 5.41 Å². The molecule has 4 aliphatic carbocycles. The molecule has 3 saturated carbocycles. The Kier molecular flexibility index (Phi) is 8.10. The molecule has 0 radical (unpaired) electrons. The van der Waals surface area contributed by atoms with Gasteiger partial charge in [-0.25, -0.2) is 9.18 Å². The van der Waals surface area contributed by atoms with E-state index in [1.54, 1.807) is 12.1 Å². The second kappa shape index (κ2) is 11.0. The molecular formula is C31H40FN2O6S+. The molecule has 7 unspecified atom stereocenters. The lowest BCUT2D eigenvalue weighted by molar-refractivity contribution is -0.513. The molecule has 5 rings (SSSR count). The zero-order valence-corrected chi connectivity index (χ0v) is 24.7. The van der Waals surface area contributed by atoms with E-state index in [4.69, 9.17) is 14.9 Å². The number of thiol groups is 1. The molecule has 0 amide bonds. The number of quaternary nitrogens is 1. The summed E-state index contributed by atoms with van der Waals surface area (Å²) < 4.78 is 24.8. The van der Waals surface area contributed by atoms with Crippen molar-refractivity contribution >= 4 is 35.6 Å². The number of aliphatic hydroxyl groups excluding tert-OH is 2. The Balaban J connectivity index is 1.46. The maximum atomic E-state index is 14.0. The molecular weight excluding hydrogens is 547 g/mol. The third kappa shape index (κ3) is 4.72. The van der Waals surface area contributed by atoms with Gasteiger partial charge in [0.15, 0.2) is 5.60 Å². The third-order valence-corrected chi connectivity index (χ3v) is 11.0. The molecule has 222 valence electrons. The van der Waals surface area contributed by atoms with Crippen molar-refractivity contribution in [3.05, 3.63) is 52.5 Å². The molecule has 3 fully saturated rings. The normalized spacial score (nSPS) is 36.1. The highest BCUT2D eigenvalue weighted by molar-refractivity contribution is 7.96. The van der Waals surface area contributed by atoms with E-state index in [2.05, 4.69) is 25.6 Å². The third-order valence-electron chi connectivity index (χ3n) is 10.7. The summed E-state index contributed by atoms with van der Waals surface area (Å²) in [5.41, 5.74) is 1.30. The van der Waals surface area contributed by atoms with Crippen LogP contribution in [0.5, 0.6) is 0 Å². The molecule has 0 bridgehead atoms. The van der Waals surface area contributed by atoms with Crippen LogP contribution in [0.4, 0.5) is 10.1 Å². The zero-order chi connectivity index (χ0) is 29.7. The molecule has 0 aliphatic heterocycles. The summed E-state index contributed by atoms with van der Waals surface area (Å²) in [6, 6.07) is 4.62. The maximum absolute atomic E-state index is 14.0. The SMILES string of the molecule is COCC(=O)OC1(C(=O)S)CCC2C3CCC4=CC([NH2+]c5ccc(F)c(CO)c5)=C(C=N)CC4(C)C3C(O)CC21C. The van der Waals surface area contributed by atoms with Gasteiger partial charge in [-0.2, -0.15) is 0 Å². The Labute approximate surface area is 245 Å². The smallest absolute Gasteiger partial charge is 0.333 e. The van der Waals surface area contributed by atoms with Crippen molar-refractivity contribution in [1.82, 2.24) is 0 Å². The van der Waals surface area contributed by atoms with Crippen molar-refractivity contribution in [3.8, 4) is 0 Å².